The van der Waals surface area contributed by atoms with Gasteiger partial charge in [0.1, 0.15) is 6.04 Å². The number of hydrogen-bond donors (Lipinski definition) is 1. The molecule has 5 heteroatoms. The lowest BCUT2D eigenvalue weighted by Gasteiger charge is -2.30. The summed E-state index contributed by atoms with van der Waals surface area (Å²) in [6, 6.07) is -0.125. The summed E-state index contributed by atoms with van der Waals surface area (Å²) in [6.07, 6.45) is 6.61. The lowest BCUT2D eigenvalue weighted by molar-refractivity contribution is -0.135. The van der Waals surface area contributed by atoms with Gasteiger partial charge in [-0.1, -0.05) is 6.08 Å². The number of carbonyl (C=O) groups excluding carboxylic acids is 2. The van der Waals surface area contributed by atoms with E-state index in [-0.39, 0.29) is 11.8 Å². The third-order valence-corrected chi connectivity index (χ3v) is 3.49. The van der Waals surface area contributed by atoms with E-state index in [0.717, 1.165) is 12.8 Å². The Balaban J connectivity index is 2.40. The summed E-state index contributed by atoms with van der Waals surface area (Å²) >= 11 is 0. The average molecular weight is 267 g/mol. The van der Waals surface area contributed by atoms with E-state index < -0.39 is 6.04 Å². The summed E-state index contributed by atoms with van der Waals surface area (Å²) in [5.41, 5.74) is 0. The maximum Gasteiger partial charge on any atom is 0.246 e. The van der Waals surface area contributed by atoms with Gasteiger partial charge in [0.2, 0.25) is 11.8 Å². The topological polar surface area (TPSA) is 52.7 Å². The molecule has 1 N–H and O–H groups in total. The molecule has 5 nitrogen and oxygen atoms in total. The van der Waals surface area contributed by atoms with Crippen LogP contribution in [-0.4, -0.2) is 61.4 Å². The highest BCUT2D eigenvalue weighted by Crippen LogP contribution is 2.18. The van der Waals surface area contributed by atoms with Gasteiger partial charge in [0.25, 0.3) is 0 Å². The molecule has 19 heavy (non-hydrogen) atoms. The van der Waals surface area contributed by atoms with Crippen LogP contribution in [0.25, 0.3) is 0 Å². The Morgan fingerprint density at radius 2 is 1.95 bits per heavy atom. The quantitative estimate of drug-likeness (QED) is 0.718. The summed E-state index contributed by atoms with van der Waals surface area (Å²) < 4.78 is 0. The second-order valence-electron chi connectivity index (χ2n) is 5.43. The summed E-state index contributed by atoms with van der Waals surface area (Å²) in [5.74, 6) is -0.209. The predicted octanol–water partition coefficient (Wildman–Crippen LogP) is 0.620. The molecule has 0 heterocycles. The molecule has 1 fully saturated rings. The predicted molar refractivity (Wildman–Crippen MR) is 75.7 cm³/mol. The average Bonchev–Trinajstić information content (AvgIpc) is 2.30. The van der Waals surface area contributed by atoms with E-state index in [1.807, 2.05) is 19.0 Å². The Hall–Kier alpha value is -1.36. The molecule has 0 bridgehead atoms. The van der Waals surface area contributed by atoms with E-state index in [9.17, 15) is 9.59 Å². The zero-order valence-electron chi connectivity index (χ0n) is 12.3. The van der Waals surface area contributed by atoms with Crippen molar-refractivity contribution in [2.24, 2.45) is 0 Å². The molecule has 0 aliphatic heterocycles. The second-order valence-corrected chi connectivity index (χ2v) is 5.43. The summed E-state index contributed by atoms with van der Waals surface area (Å²) in [6.45, 7) is 2.47. The van der Waals surface area contributed by atoms with E-state index in [2.05, 4.69) is 5.32 Å². The van der Waals surface area contributed by atoms with Gasteiger partial charge in [0.05, 0.1) is 0 Å². The summed E-state index contributed by atoms with van der Waals surface area (Å²) in [7, 11) is 5.54. The zero-order chi connectivity index (χ0) is 14.4. The van der Waals surface area contributed by atoms with Crippen LogP contribution in [0.5, 0.6) is 0 Å². The van der Waals surface area contributed by atoms with Gasteiger partial charge in [-0.2, -0.15) is 0 Å². The standard InChI is InChI=1S/C14H25N3O2/c1-11(14(19)15-12-7-5-8-12)17(4)13(18)9-6-10-16(2)3/h6,9,11-12H,5,7-8,10H2,1-4H3,(H,15,19)/b9-6+/t11-/m0/s1. The largest absolute Gasteiger partial charge is 0.352 e. The van der Waals surface area contributed by atoms with Crippen LogP contribution in [0.2, 0.25) is 0 Å². The number of amides is 2. The van der Waals surface area contributed by atoms with Gasteiger partial charge in [0.15, 0.2) is 0 Å². The first kappa shape index (κ1) is 15.7. The number of nitrogens with one attached hydrogen (secondary N) is 1. The highest BCUT2D eigenvalue weighted by Gasteiger charge is 2.25. The molecule has 1 aliphatic rings. The van der Waals surface area contributed by atoms with Gasteiger partial charge in [-0.25, -0.2) is 0 Å². The SMILES string of the molecule is C[C@@H](C(=O)NC1CCC1)N(C)C(=O)/C=C/CN(C)C. The van der Waals surface area contributed by atoms with E-state index >= 15 is 0 Å². The third kappa shape index (κ3) is 5.03. The first-order chi connectivity index (χ1) is 8.91. The lowest BCUT2D eigenvalue weighted by atomic mass is 9.93. The summed E-state index contributed by atoms with van der Waals surface area (Å²) in [5, 5.41) is 2.96. The van der Waals surface area contributed by atoms with Crippen LogP contribution in [0.15, 0.2) is 12.2 Å². The zero-order valence-corrected chi connectivity index (χ0v) is 12.3. The molecule has 0 aromatic rings. The van der Waals surface area contributed by atoms with Gasteiger partial charge >= 0.3 is 0 Å². The van der Waals surface area contributed by atoms with Crippen LogP contribution in [-0.2, 0) is 9.59 Å². The first-order valence-electron chi connectivity index (χ1n) is 6.80. The molecule has 108 valence electrons. The molecule has 0 saturated heterocycles. The monoisotopic (exact) mass is 267 g/mol. The molecule has 1 rings (SSSR count). The normalized spacial score (nSPS) is 17.3. The fraction of sp³-hybridized carbons (Fsp3) is 0.714. The lowest BCUT2D eigenvalue weighted by Crippen LogP contribution is -2.50. The first-order valence-corrected chi connectivity index (χ1v) is 6.80. The van der Waals surface area contributed by atoms with Crippen molar-refractivity contribution in [3.8, 4) is 0 Å². The number of carbonyl (C=O) groups is 2. The van der Waals surface area contributed by atoms with Crippen LogP contribution >= 0.6 is 0 Å². The van der Waals surface area contributed by atoms with Crippen molar-refractivity contribution < 1.29 is 9.59 Å². The fourth-order valence-corrected chi connectivity index (χ4v) is 1.72. The van der Waals surface area contributed by atoms with Crippen LogP contribution in [0.1, 0.15) is 26.2 Å². The smallest absolute Gasteiger partial charge is 0.246 e. The van der Waals surface area contributed by atoms with E-state index in [4.69, 9.17) is 0 Å². The van der Waals surface area contributed by atoms with Gasteiger partial charge in [-0.15, -0.1) is 0 Å². The van der Waals surface area contributed by atoms with Crippen molar-refractivity contribution in [1.29, 1.82) is 0 Å². The minimum absolute atomic E-state index is 0.0680. The van der Waals surface area contributed by atoms with Gasteiger partial charge in [-0.3, -0.25) is 9.59 Å². The maximum absolute atomic E-state index is 11.9. The van der Waals surface area contributed by atoms with E-state index in [1.54, 1.807) is 20.0 Å². The molecule has 0 spiro atoms. The Morgan fingerprint density at radius 1 is 1.32 bits per heavy atom. The van der Waals surface area contributed by atoms with E-state index in [0.29, 0.717) is 12.6 Å². The molecule has 0 unspecified atom stereocenters. The molecular formula is C14H25N3O2. The summed E-state index contributed by atoms with van der Waals surface area (Å²) in [4.78, 5) is 27.3. The number of hydrogen-bond acceptors (Lipinski definition) is 3. The van der Waals surface area contributed by atoms with Crippen molar-refractivity contribution in [2.45, 2.75) is 38.3 Å². The van der Waals surface area contributed by atoms with Crippen LogP contribution in [0, 0.1) is 0 Å². The molecule has 1 atom stereocenters. The molecule has 1 saturated carbocycles. The van der Waals surface area contributed by atoms with Crippen molar-refractivity contribution in [1.82, 2.24) is 15.1 Å². The van der Waals surface area contributed by atoms with Crippen LogP contribution in [0.4, 0.5) is 0 Å². The Kier molecular flexibility index (Phi) is 6.02. The van der Waals surface area contributed by atoms with Gasteiger partial charge in [0, 0.05) is 25.7 Å². The number of nitrogens with zero attached hydrogens (tertiary/aromatic N) is 2. The second kappa shape index (κ2) is 7.28. The highest BCUT2D eigenvalue weighted by molar-refractivity contribution is 5.92. The Labute approximate surface area is 115 Å². The van der Waals surface area contributed by atoms with Crippen LogP contribution in [0.3, 0.4) is 0 Å². The minimum Gasteiger partial charge on any atom is -0.352 e. The van der Waals surface area contributed by atoms with Crippen molar-refractivity contribution in [2.75, 3.05) is 27.7 Å². The van der Waals surface area contributed by atoms with Crippen molar-refractivity contribution in [3.63, 3.8) is 0 Å². The molecule has 1 aliphatic carbocycles. The molecular weight excluding hydrogens is 242 g/mol. The highest BCUT2D eigenvalue weighted by atomic mass is 16.2. The van der Waals surface area contributed by atoms with Crippen molar-refractivity contribution in [3.05, 3.63) is 12.2 Å². The third-order valence-electron chi connectivity index (χ3n) is 3.49. The van der Waals surface area contributed by atoms with Gasteiger partial charge < -0.3 is 15.1 Å². The molecule has 0 radical (unpaired) electrons. The maximum atomic E-state index is 11.9. The molecule has 0 aromatic heterocycles. The fourth-order valence-electron chi connectivity index (χ4n) is 1.72. The van der Waals surface area contributed by atoms with Gasteiger partial charge in [-0.05, 0) is 40.3 Å². The molecule has 0 aromatic carbocycles. The minimum atomic E-state index is -0.433. The Bertz CT molecular complexity index is 349. The number of rotatable bonds is 6. The Morgan fingerprint density at radius 3 is 2.42 bits per heavy atom. The molecule has 2 amide bonds. The van der Waals surface area contributed by atoms with Crippen molar-refractivity contribution >= 4 is 11.8 Å². The van der Waals surface area contributed by atoms with E-state index in [1.165, 1.54) is 17.4 Å². The van der Waals surface area contributed by atoms with Crippen LogP contribution < -0.4 is 5.32 Å². The number of likely N-dealkylation sites (N-methyl/N-ethyl adjacent to an activating group) is 2.